The summed E-state index contributed by atoms with van der Waals surface area (Å²) >= 11 is 1.74. The van der Waals surface area contributed by atoms with Gasteiger partial charge in [0.2, 0.25) is 0 Å². The molecule has 0 saturated carbocycles. The zero-order valence-electron chi connectivity index (χ0n) is 10.2. The lowest BCUT2D eigenvalue weighted by Gasteiger charge is -2.09. The van der Waals surface area contributed by atoms with E-state index in [1.165, 1.54) is 0 Å². The number of para-hydroxylation sites is 1. The number of thioether (sulfide) groups is 1. The first-order chi connectivity index (χ1) is 9.33. The van der Waals surface area contributed by atoms with E-state index in [-0.39, 0.29) is 11.5 Å². The summed E-state index contributed by atoms with van der Waals surface area (Å²) in [5.41, 5.74) is 2.89. The van der Waals surface area contributed by atoms with Gasteiger partial charge in [-0.15, -0.1) is 0 Å². The van der Waals surface area contributed by atoms with Crippen LogP contribution in [0.15, 0.2) is 29.1 Å². The Kier molecular flexibility index (Phi) is 2.41. The smallest absolute Gasteiger partial charge is 0.255 e. The summed E-state index contributed by atoms with van der Waals surface area (Å²) in [6.45, 7) is 0.550. The van der Waals surface area contributed by atoms with Gasteiger partial charge in [-0.2, -0.15) is 11.8 Å². The molecule has 19 heavy (non-hydrogen) atoms. The summed E-state index contributed by atoms with van der Waals surface area (Å²) in [6, 6.07) is 7.93. The Morgan fingerprint density at radius 3 is 3.16 bits per heavy atom. The van der Waals surface area contributed by atoms with Crippen LogP contribution in [0.25, 0.3) is 0 Å². The SMILES string of the molecule is O=c1[nH]c(C2COc3ccccc32)nc2c1CSC2. The number of aromatic nitrogens is 2. The average molecular weight is 272 g/mol. The molecule has 0 radical (unpaired) electrons. The van der Waals surface area contributed by atoms with Gasteiger partial charge in [-0.05, 0) is 6.07 Å². The van der Waals surface area contributed by atoms with E-state index in [0.29, 0.717) is 6.61 Å². The highest BCUT2D eigenvalue weighted by molar-refractivity contribution is 7.98. The van der Waals surface area contributed by atoms with Crippen molar-refractivity contribution in [2.45, 2.75) is 17.4 Å². The van der Waals surface area contributed by atoms with E-state index in [4.69, 9.17) is 4.74 Å². The standard InChI is InChI=1S/C14H12N2O2S/c17-14-10-6-19-7-11(10)15-13(16-14)9-5-18-12-4-2-1-3-8(9)12/h1-4,9H,5-7H2,(H,15,16,17). The van der Waals surface area contributed by atoms with Gasteiger partial charge in [-0.25, -0.2) is 4.98 Å². The molecular formula is C14H12N2O2S. The number of aromatic amines is 1. The predicted molar refractivity (Wildman–Crippen MR) is 73.6 cm³/mol. The van der Waals surface area contributed by atoms with Crippen molar-refractivity contribution in [2.24, 2.45) is 0 Å². The lowest BCUT2D eigenvalue weighted by Crippen LogP contribution is -2.20. The molecule has 5 heteroatoms. The number of ether oxygens (including phenoxy) is 1. The van der Waals surface area contributed by atoms with Gasteiger partial charge < -0.3 is 9.72 Å². The van der Waals surface area contributed by atoms with Gasteiger partial charge in [-0.3, -0.25) is 4.79 Å². The lowest BCUT2D eigenvalue weighted by atomic mass is 10.0. The summed E-state index contributed by atoms with van der Waals surface area (Å²) in [5, 5.41) is 0. The van der Waals surface area contributed by atoms with Crippen molar-refractivity contribution in [2.75, 3.05) is 6.61 Å². The van der Waals surface area contributed by atoms with E-state index in [1.807, 2.05) is 24.3 Å². The maximum Gasteiger partial charge on any atom is 0.255 e. The molecule has 0 bridgehead atoms. The molecule has 0 aliphatic carbocycles. The molecule has 0 amide bonds. The fraction of sp³-hybridized carbons (Fsp3) is 0.286. The van der Waals surface area contributed by atoms with Crippen LogP contribution in [0, 0.1) is 0 Å². The molecule has 1 aromatic heterocycles. The van der Waals surface area contributed by atoms with E-state index in [9.17, 15) is 4.79 Å². The monoisotopic (exact) mass is 272 g/mol. The van der Waals surface area contributed by atoms with Gasteiger partial charge in [0, 0.05) is 22.6 Å². The van der Waals surface area contributed by atoms with E-state index in [1.54, 1.807) is 11.8 Å². The van der Waals surface area contributed by atoms with Crippen LogP contribution in [0.1, 0.15) is 28.6 Å². The number of hydrogen-bond acceptors (Lipinski definition) is 4. The molecule has 1 N–H and O–H groups in total. The third-order valence-electron chi connectivity index (χ3n) is 3.63. The summed E-state index contributed by atoms with van der Waals surface area (Å²) in [4.78, 5) is 19.6. The van der Waals surface area contributed by atoms with Crippen LogP contribution in [-0.4, -0.2) is 16.6 Å². The first-order valence-corrected chi connectivity index (χ1v) is 7.40. The van der Waals surface area contributed by atoms with E-state index in [0.717, 1.165) is 39.9 Å². The molecule has 2 aromatic rings. The topological polar surface area (TPSA) is 55.0 Å². The van der Waals surface area contributed by atoms with Gasteiger partial charge in [0.1, 0.15) is 18.2 Å². The summed E-state index contributed by atoms with van der Waals surface area (Å²) in [6.07, 6.45) is 0. The second kappa shape index (κ2) is 4.13. The molecule has 0 fully saturated rings. The van der Waals surface area contributed by atoms with Crippen LogP contribution in [0.5, 0.6) is 5.75 Å². The number of fused-ring (bicyclic) bond motifs is 2. The number of benzene rings is 1. The molecule has 4 rings (SSSR count). The second-order valence-electron chi connectivity index (χ2n) is 4.77. The highest BCUT2D eigenvalue weighted by Gasteiger charge is 2.29. The zero-order valence-corrected chi connectivity index (χ0v) is 11.0. The molecule has 1 atom stereocenters. The Morgan fingerprint density at radius 1 is 1.32 bits per heavy atom. The summed E-state index contributed by atoms with van der Waals surface area (Å²) in [5.74, 6) is 3.28. The Balaban J connectivity index is 1.83. The van der Waals surface area contributed by atoms with Crippen LogP contribution in [0.2, 0.25) is 0 Å². The first kappa shape index (κ1) is 11.1. The van der Waals surface area contributed by atoms with Crippen molar-refractivity contribution in [3.8, 4) is 5.75 Å². The van der Waals surface area contributed by atoms with Crippen LogP contribution in [0.3, 0.4) is 0 Å². The Hall–Kier alpha value is -1.75. The lowest BCUT2D eigenvalue weighted by molar-refractivity contribution is 0.339. The fourth-order valence-corrected chi connectivity index (χ4v) is 3.67. The third kappa shape index (κ3) is 1.69. The Labute approximate surface area is 114 Å². The number of H-pyrrole nitrogens is 1. The number of rotatable bonds is 1. The molecule has 1 aromatic carbocycles. The molecule has 0 saturated heterocycles. The third-order valence-corrected chi connectivity index (χ3v) is 4.60. The second-order valence-corrected chi connectivity index (χ2v) is 5.76. The van der Waals surface area contributed by atoms with Gasteiger partial charge in [-0.1, -0.05) is 18.2 Å². The van der Waals surface area contributed by atoms with Crippen molar-refractivity contribution in [1.29, 1.82) is 0 Å². The molecule has 0 spiro atoms. The summed E-state index contributed by atoms with van der Waals surface area (Å²) < 4.78 is 5.66. The molecule has 2 aliphatic rings. The molecule has 2 aliphatic heterocycles. The Bertz CT molecular complexity index is 711. The van der Waals surface area contributed by atoms with Crippen LogP contribution in [-0.2, 0) is 11.5 Å². The maximum atomic E-state index is 12.1. The minimum absolute atomic E-state index is 0.00869. The molecular weight excluding hydrogens is 260 g/mol. The molecule has 3 heterocycles. The van der Waals surface area contributed by atoms with Gasteiger partial charge >= 0.3 is 0 Å². The van der Waals surface area contributed by atoms with E-state index >= 15 is 0 Å². The van der Waals surface area contributed by atoms with E-state index < -0.39 is 0 Å². The van der Waals surface area contributed by atoms with Crippen LogP contribution in [0.4, 0.5) is 0 Å². The highest BCUT2D eigenvalue weighted by atomic mass is 32.2. The number of nitrogens with one attached hydrogen (secondary N) is 1. The van der Waals surface area contributed by atoms with E-state index in [2.05, 4.69) is 9.97 Å². The number of nitrogens with zero attached hydrogens (tertiary/aromatic N) is 1. The quantitative estimate of drug-likeness (QED) is 0.863. The van der Waals surface area contributed by atoms with Crippen molar-refractivity contribution < 1.29 is 4.74 Å². The van der Waals surface area contributed by atoms with Crippen molar-refractivity contribution >= 4 is 11.8 Å². The zero-order chi connectivity index (χ0) is 12.8. The van der Waals surface area contributed by atoms with Crippen LogP contribution < -0.4 is 10.3 Å². The molecule has 96 valence electrons. The maximum absolute atomic E-state index is 12.1. The highest BCUT2D eigenvalue weighted by Crippen LogP contribution is 2.37. The Morgan fingerprint density at radius 2 is 2.21 bits per heavy atom. The fourth-order valence-electron chi connectivity index (χ4n) is 2.64. The summed E-state index contributed by atoms with van der Waals surface area (Å²) in [7, 11) is 0. The minimum Gasteiger partial charge on any atom is -0.492 e. The van der Waals surface area contributed by atoms with Crippen molar-refractivity contribution in [1.82, 2.24) is 9.97 Å². The minimum atomic E-state index is 0.00869. The van der Waals surface area contributed by atoms with Crippen molar-refractivity contribution in [3.63, 3.8) is 0 Å². The number of hydrogen-bond donors (Lipinski definition) is 1. The van der Waals surface area contributed by atoms with Crippen molar-refractivity contribution in [3.05, 3.63) is 57.3 Å². The van der Waals surface area contributed by atoms with Gasteiger partial charge in [0.15, 0.2) is 0 Å². The van der Waals surface area contributed by atoms with Crippen LogP contribution >= 0.6 is 11.8 Å². The normalized spacial score (nSPS) is 19.9. The van der Waals surface area contributed by atoms with Gasteiger partial charge in [0.25, 0.3) is 5.56 Å². The molecule has 4 nitrogen and oxygen atoms in total. The average Bonchev–Trinajstić information content (AvgIpc) is 3.04. The largest absolute Gasteiger partial charge is 0.492 e. The first-order valence-electron chi connectivity index (χ1n) is 6.24. The molecule has 1 unspecified atom stereocenters. The predicted octanol–water partition coefficient (Wildman–Crippen LogP) is 2.04. The van der Waals surface area contributed by atoms with Gasteiger partial charge in [0.05, 0.1) is 11.6 Å².